The number of carbonyl (C=O) groups excluding carboxylic acids is 1. The van der Waals surface area contributed by atoms with Crippen LogP contribution >= 0.6 is 11.6 Å². The number of hydrogen-bond donors (Lipinski definition) is 1. The molecule has 174 valence electrons. The molecule has 1 N–H and O–H groups in total. The summed E-state index contributed by atoms with van der Waals surface area (Å²) in [5.41, 5.74) is 1.21. The smallest absolute Gasteiger partial charge is 0.352 e. The summed E-state index contributed by atoms with van der Waals surface area (Å²) in [6, 6.07) is 8.65. The number of pyridine rings is 1. The molecule has 3 heterocycles. The van der Waals surface area contributed by atoms with Crippen LogP contribution in [0.4, 0.5) is 23.8 Å². The SMILES string of the molecule is O=C(NCc1cccc(Cn2ccnc2)c1)N1CCN(c2ncc(C(F)(F)F)cc2Cl)CC1. The number of nitrogens with zero attached hydrogens (tertiary/aromatic N) is 5. The van der Waals surface area contributed by atoms with Crippen LogP contribution in [0.3, 0.4) is 0 Å². The molecule has 0 aliphatic carbocycles. The third-order valence-electron chi connectivity index (χ3n) is 5.37. The third kappa shape index (κ3) is 5.75. The Morgan fingerprint density at radius 3 is 2.55 bits per heavy atom. The molecule has 1 saturated heterocycles. The molecule has 0 spiro atoms. The zero-order valence-corrected chi connectivity index (χ0v) is 18.4. The van der Waals surface area contributed by atoms with Gasteiger partial charge in [0.1, 0.15) is 5.82 Å². The largest absolute Gasteiger partial charge is 0.417 e. The average Bonchev–Trinajstić information content (AvgIpc) is 3.30. The first-order valence-electron chi connectivity index (χ1n) is 10.3. The van der Waals surface area contributed by atoms with Gasteiger partial charge in [-0.25, -0.2) is 14.8 Å². The number of piperazine rings is 1. The van der Waals surface area contributed by atoms with Crippen molar-refractivity contribution in [3.05, 3.63) is 77.0 Å². The third-order valence-corrected chi connectivity index (χ3v) is 5.65. The van der Waals surface area contributed by atoms with E-state index in [0.29, 0.717) is 45.1 Å². The van der Waals surface area contributed by atoms with Crippen molar-refractivity contribution >= 4 is 23.4 Å². The Hall–Kier alpha value is -3.27. The Morgan fingerprint density at radius 2 is 1.88 bits per heavy atom. The first-order chi connectivity index (χ1) is 15.8. The monoisotopic (exact) mass is 478 g/mol. The summed E-state index contributed by atoms with van der Waals surface area (Å²) in [5, 5.41) is 2.87. The quantitative estimate of drug-likeness (QED) is 0.601. The van der Waals surface area contributed by atoms with Gasteiger partial charge in [-0.2, -0.15) is 13.2 Å². The fraction of sp³-hybridized carbons (Fsp3) is 0.318. The fourth-order valence-corrected chi connectivity index (χ4v) is 3.94. The minimum absolute atomic E-state index is 0.0571. The van der Waals surface area contributed by atoms with E-state index < -0.39 is 11.7 Å². The summed E-state index contributed by atoms with van der Waals surface area (Å²) in [5.74, 6) is 0.291. The van der Waals surface area contributed by atoms with E-state index in [2.05, 4.69) is 15.3 Å². The number of urea groups is 1. The number of aromatic nitrogens is 3. The number of imidazole rings is 1. The molecule has 2 aromatic heterocycles. The van der Waals surface area contributed by atoms with Crippen LogP contribution in [0.15, 0.2) is 55.2 Å². The molecule has 1 aromatic carbocycles. The highest BCUT2D eigenvalue weighted by Crippen LogP contribution is 2.33. The Bertz CT molecular complexity index is 1100. The Balaban J connectivity index is 1.29. The van der Waals surface area contributed by atoms with Gasteiger partial charge < -0.3 is 19.7 Å². The molecule has 0 unspecified atom stereocenters. The maximum atomic E-state index is 12.8. The molecule has 0 atom stereocenters. The van der Waals surface area contributed by atoms with Gasteiger partial charge >= 0.3 is 12.2 Å². The Labute approximate surface area is 193 Å². The minimum Gasteiger partial charge on any atom is -0.352 e. The molecular weight excluding hydrogens is 457 g/mol. The molecule has 7 nitrogen and oxygen atoms in total. The first kappa shape index (κ1) is 22.9. The van der Waals surface area contributed by atoms with Crippen LogP contribution in [-0.2, 0) is 19.3 Å². The second kappa shape index (κ2) is 9.70. The summed E-state index contributed by atoms with van der Waals surface area (Å²) in [6.45, 7) is 2.75. The summed E-state index contributed by atoms with van der Waals surface area (Å²) < 4.78 is 40.4. The number of carbonyl (C=O) groups is 1. The summed E-state index contributed by atoms with van der Waals surface area (Å²) in [4.78, 5) is 24.0. The molecule has 0 radical (unpaired) electrons. The van der Waals surface area contributed by atoms with Crippen molar-refractivity contribution in [1.82, 2.24) is 24.8 Å². The van der Waals surface area contributed by atoms with Crippen molar-refractivity contribution in [1.29, 1.82) is 0 Å². The molecule has 4 rings (SSSR count). The second-order valence-electron chi connectivity index (χ2n) is 7.71. The fourth-order valence-electron chi connectivity index (χ4n) is 3.66. The second-order valence-corrected chi connectivity index (χ2v) is 8.12. The molecule has 0 bridgehead atoms. The lowest BCUT2D eigenvalue weighted by molar-refractivity contribution is -0.137. The number of rotatable bonds is 5. The van der Waals surface area contributed by atoms with Gasteiger partial charge in [-0.15, -0.1) is 0 Å². The van der Waals surface area contributed by atoms with Crippen molar-refractivity contribution in [3.63, 3.8) is 0 Å². The van der Waals surface area contributed by atoms with E-state index in [-0.39, 0.29) is 11.1 Å². The summed E-state index contributed by atoms with van der Waals surface area (Å²) in [7, 11) is 0. The molecule has 1 aliphatic rings. The molecule has 3 aromatic rings. The molecule has 2 amide bonds. The van der Waals surface area contributed by atoms with Crippen LogP contribution in [0.2, 0.25) is 5.02 Å². The zero-order chi connectivity index (χ0) is 23.4. The lowest BCUT2D eigenvalue weighted by atomic mass is 10.1. The number of nitrogens with one attached hydrogen (secondary N) is 1. The number of hydrogen-bond acceptors (Lipinski definition) is 4. The van der Waals surface area contributed by atoms with E-state index in [0.717, 1.165) is 23.4 Å². The van der Waals surface area contributed by atoms with Crippen LogP contribution in [-0.4, -0.2) is 51.6 Å². The highest BCUT2D eigenvalue weighted by Gasteiger charge is 2.32. The lowest BCUT2D eigenvalue weighted by Crippen LogP contribution is -2.52. The van der Waals surface area contributed by atoms with E-state index in [1.54, 1.807) is 22.3 Å². The molecular formula is C22H22ClF3N6O. The lowest BCUT2D eigenvalue weighted by Gasteiger charge is -2.35. The predicted molar refractivity (Wildman–Crippen MR) is 118 cm³/mol. The van der Waals surface area contributed by atoms with Crippen molar-refractivity contribution in [2.24, 2.45) is 0 Å². The first-order valence-corrected chi connectivity index (χ1v) is 10.7. The van der Waals surface area contributed by atoms with E-state index in [1.165, 1.54) is 0 Å². The van der Waals surface area contributed by atoms with Gasteiger partial charge in [-0.3, -0.25) is 0 Å². The van der Waals surface area contributed by atoms with Gasteiger partial charge in [0.05, 0.1) is 16.9 Å². The van der Waals surface area contributed by atoms with Gasteiger partial charge in [0, 0.05) is 57.9 Å². The van der Waals surface area contributed by atoms with Crippen molar-refractivity contribution in [2.75, 3.05) is 31.1 Å². The van der Waals surface area contributed by atoms with Crippen LogP contribution in [0.5, 0.6) is 0 Å². The van der Waals surface area contributed by atoms with Crippen molar-refractivity contribution in [3.8, 4) is 0 Å². The topological polar surface area (TPSA) is 66.3 Å². The maximum absolute atomic E-state index is 12.8. The van der Waals surface area contributed by atoms with Gasteiger partial charge in [-0.05, 0) is 17.2 Å². The highest BCUT2D eigenvalue weighted by atomic mass is 35.5. The standard InChI is InChI=1S/C22H22ClF3N6O/c23-19-11-18(22(24,25)26)13-28-20(19)31-6-8-32(9-7-31)21(33)29-12-16-2-1-3-17(10-16)14-30-5-4-27-15-30/h1-5,10-11,13,15H,6-9,12,14H2,(H,29,33). The van der Waals surface area contributed by atoms with Crippen LogP contribution < -0.4 is 10.2 Å². The number of benzene rings is 1. The minimum atomic E-state index is -4.50. The normalized spacial score (nSPS) is 14.4. The number of alkyl halides is 3. The van der Waals surface area contributed by atoms with Crippen molar-refractivity contribution < 1.29 is 18.0 Å². The molecule has 1 aliphatic heterocycles. The van der Waals surface area contributed by atoms with Crippen LogP contribution in [0, 0.1) is 0 Å². The van der Waals surface area contributed by atoms with Gasteiger partial charge in [0.2, 0.25) is 0 Å². The van der Waals surface area contributed by atoms with Gasteiger partial charge in [-0.1, -0.05) is 35.9 Å². The molecule has 11 heteroatoms. The molecule has 33 heavy (non-hydrogen) atoms. The summed E-state index contributed by atoms with van der Waals surface area (Å²) in [6.07, 6.45) is 1.65. The molecule has 1 fully saturated rings. The molecule has 0 saturated carbocycles. The number of amides is 2. The van der Waals surface area contributed by atoms with E-state index >= 15 is 0 Å². The van der Waals surface area contributed by atoms with Crippen LogP contribution in [0.25, 0.3) is 0 Å². The van der Waals surface area contributed by atoms with E-state index in [4.69, 9.17) is 11.6 Å². The van der Waals surface area contributed by atoms with Crippen molar-refractivity contribution in [2.45, 2.75) is 19.3 Å². The maximum Gasteiger partial charge on any atom is 0.417 e. The summed E-state index contributed by atoms with van der Waals surface area (Å²) >= 11 is 6.04. The van der Waals surface area contributed by atoms with E-state index in [9.17, 15) is 18.0 Å². The van der Waals surface area contributed by atoms with Gasteiger partial charge in [0.25, 0.3) is 0 Å². The number of halogens is 4. The highest BCUT2D eigenvalue weighted by molar-refractivity contribution is 6.33. The zero-order valence-electron chi connectivity index (χ0n) is 17.6. The van der Waals surface area contributed by atoms with Crippen LogP contribution in [0.1, 0.15) is 16.7 Å². The van der Waals surface area contributed by atoms with E-state index in [1.807, 2.05) is 35.0 Å². The Morgan fingerprint density at radius 1 is 1.12 bits per heavy atom. The van der Waals surface area contributed by atoms with Gasteiger partial charge in [0.15, 0.2) is 0 Å². The number of anilines is 1. The average molecular weight is 479 g/mol. The predicted octanol–water partition coefficient (Wildman–Crippen LogP) is 4.03. The Kier molecular flexibility index (Phi) is 6.73.